The number of rotatable bonds is 6. The van der Waals surface area contributed by atoms with Gasteiger partial charge in [-0.1, -0.05) is 18.2 Å². The van der Waals surface area contributed by atoms with E-state index in [1.807, 2.05) is 24.3 Å². The predicted octanol–water partition coefficient (Wildman–Crippen LogP) is 3.33. The van der Waals surface area contributed by atoms with Gasteiger partial charge in [0.1, 0.15) is 6.04 Å². The first-order valence-corrected chi connectivity index (χ1v) is 11.1. The van der Waals surface area contributed by atoms with E-state index in [4.69, 9.17) is 4.42 Å². The van der Waals surface area contributed by atoms with Gasteiger partial charge in [-0.15, -0.1) is 0 Å². The van der Waals surface area contributed by atoms with E-state index in [1.54, 1.807) is 25.1 Å². The third-order valence-corrected chi connectivity index (χ3v) is 6.35. The van der Waals surface area contributed by atoms with E-state index < -0.39 is 11.8 Å². The topological polar surface area (TPSA) is 70.7 Å². The van der Waals surface area contributed by atoms with Gasteiger partial charge in [-0.05, 0) is 56.0 Å². The lowest BCUT2D eigenvalue weighted by atomic mass is 10.2. The number of amides is 1. The molecule has 31 heavy (non-hydrogen) atoms. The zero-order valence-electron chi connectivity index (χ0n) is 17.8. The number of fused-ring (bicyclic) bond motifs is 1. The predicted molar refractivity (Wildman–Crippen MR) is 122 cm³/mol. The van der Waals surface area contributed by atoms with Crippen LogP contribution in [-0.4, -0.2) is 48.1 Å². The molecule has 7 nitrogen and oxygen atoms in total. The second-order valence-electron chi connectivity index (χ2n) is 8.65. The van der Waals surface area contributed by atoms with E-state index in [9.17, 15) is 9.59 Å². The zero-order valence-corrected chi connectivity index (χ0v) is 17.8. The van der Waals surface area contributed by atoms with Gasteiger partial charge in [0.05, 0.1) is 5.52 Å². The fourth-order valence-electron chi connectivity index (χ4n) is 4.35. The Bertz CT molecular complexity index is 1140. The molecule has 1 aromatic heterocycles. The number of aromatic nitrogens is 1. The number of carbonyl (C=O) groups excluding carboxylic acids is 1. The highest BCUT2D eigenvalue weighted by Crippen LogP contribution is 2.30. The van der Waals surface area contributed by atoms with Crippen LogP contribution in [0.25, 0.3) is 11.1 Å². The molecule has 2 fully saturated rings. The van der Waals surface area contributed by atoms with Crippen molar-refractivity contribution in [1.29, 1.82) is 0 Å². The maximum Gasteiger partial charge on any atom is 0.420 e. The molecule has 2 heterocycles. The first-order chi connectivity index (χ1) is 15.1. The van der Waals surface area contributed by atoms with Crippen LogP contribution in [0.2, 0.25) is 0 Å². The lowest BCUT2D eigenvalue weighted by Crippen LogP contribution is -2.47. The van der Waals surface area contributed by atoms with E-state index in [0.29, 0.717) is 11.1 Å². The Balaban J connectivity index is 1.26. The summed E-state index contributed by atoms with van der Waals surface area (Å²) in [6.45, 7) is 7.11. The lowest BCUT2D eigenvalue weighted by molar-refractivity contribution is -0.118. The Morgan fingerprint density at radius 1 is 1.10 bits per heavy atom. The van der Waals surface area contributed by atoms with Crippen LogP contribution in [0.1, 0.15) is 25.8 Å². The van der Waals surface area contributed by atoms with Gasteiger partial charge < -0.3 is 14.6 Å². The molecule has 1 amide bonds. The van der Waals surface area contributed by atoms with Crippen molar-refractivity contribution in [2.24, 2.45) is 5.92 Å². The van der Waals surface area contributed by atoms with Crippen molar-refractivity contribution >= 4 is 28.4 Å². The van der Waals surface area contributed by atoms with Crippen LogP contribution in [0.5, 0.6) is 0 Å². The summed E-state index contributed by atoms with van der Waals surface area (Å²) in [6, 6.07) is 14.4. The summed E-state index contributed by atoms with van der Waals surface area (Å²) >= 11 is 0. The molecule has 1 atom stereocenters. The Morgan fingerprint density at radius 2 is 1.87 bits per heavy atom. The van der Waals surface area contributed by atoms with Crippen LogP contribution in [0.15, 0.2) is 57.7 Å². The van der Waals surface area contributed by atoms with E-state index >= 15 is 0 Å². The molecule has 0 bridgehead atoms. The summed E-state index contributed by atoms with van der Waals surface area (Å²) in [5.41, 5.74) is 2.95. The summed E-state index contributed by atoms with van der Waals surface area (Å²) in [6.07, 6.45) is 2.78. The number of oxazole rings is 1. The Morgan fingerprint density at radius 3 is 2.65 bits per heavy atom. The van der Waals surface area contributed by atoms with E-state index in [0.717, 1.165) is 43.5 Å². The molecule has 7 heteroatoms. The average molecular weight is 421 g/mol. The molecule has 1 saturated heterocycles. The minimum atomic E-state index is -0.689. The second kappa shape index (κ2) is 8.23. The van der Waals surface area contributed by atoms with Gasteiger partial charge in [0, 0.05) is 44.1 Å². The van der Waals surface area contributed by atoms with Crippen molar-refractivity contribution in [1.82, 2.24) is 9.47 Å². The summed E-state index contributed by atoms with van der Waals surface area (Å²) in [5, 5.41) is 2.97. The summed E-state index contributed by atoms with van der Waals surface area (Å²) in [5.74, 6) is 0.147. The van der Waals surface area contributed by atoms with Gasteiger partial charge in [-0.2, -0.15) is 0 Å². The Kier molecular flexibility index (Phi) is 5.28. The van der Waals surface area contributed by atoms with Crippen molar-refractivity contribution in [3.05, 3.63) is 59.1 Å². The summed E-state index contributed by atoms with van der Waals surface area (Å²) in [4.78, 5) is 30.1. The number of hydrogen-bond acceptors (Lipinski definition) is 5. The molecular formula is C24H28N4O3. The quantitative estimate of drug-likeness (QED) is 0.662. The maximum atomic E-state index is 12.9. The number of nitrogens with zero attached hydrogens (tertiary/aromatic N) is 3. The van der Waals surface area contributed by atoms with E-state index in [-0.39, 0.29) is 5.91 Å². The number of nitrogens with one attached hydrogen (secondary N) is 1. The smallest absolute Gasteiger partial charge is 0.408 e. The average Bonchev–Trinajstić information content (AvgIpc) is 3.53. The molecule has 1 saturated carbocycles. The Labute approximate surface area is 181 Å². The van der Waals surface area contributed by atoms with Crippen LogP contribution in [-0.2, 0) is 4.79 Å². The van der Waals surface area contributed by atoms with Crippen LogP contribution in [0, 0.1) is 5.92 Å². The third-order valence-electron chi connectivity index (χ3n) is 6.35. The zero-order chi connectivity index (χ0) is 21.4. The molecule has 162 valence electrons. The maximum absolute atomic E-state index is 12.9. The van der Waals surface area contributed by atoms with Gasteiger partial charge >= 0.3 is 5.76 Å². The molecule has 2 aromatic carbocycles. The fraction of sp³-hybridized carbons (Fsp3) is 0.417. The van der Waals surface area contributed by atoms with Crippen molar-refractivity contribution in [3.63, 3.8) is 0 Å². The van der Waals surface area contributed by atoms with E-state index in [2.05, 4.69) is 21.2 Å². The monoisotopic (exact) mass is 420 g/mol. The number of piperazine rings is 1. The third kappa shape index (κ3) is 4.23. The van der Waals surface area contributed by atoms with Crippen molar-refractivity contribution in [2.45, 2.75) is 25.8 Å². The number of para-hydroxylation sites is 2. The molecule has 0 spiro atoms. The molecule has 5 rings (SSSR count). The number of carbonyl (C=O) groups is 1. The first kappa shape index (κ1) is 19.9. The molecule has 3 aromatic rings. The van der Waals surface area contributed by atoms with Crippen LogP contribution in [0.3, 0.4) is 0 Å². The van der Waals surface area contributed by atoms with Crippen LogP contribution < -0.4 is 16.0 Å². The van der Waals surface area contributed by atoms with Gasteiger partial charge in [0.25, 0.3) is 0 Å². The molecule has 1 aliphatic heterocycles. The van der Waals surface area contributed by atoms with Crippen molar-refractivity contribution < 1.29 is 9.21 Å². The van der Waals surface area contributed by atoms with Crippen molar-refractivity contribution in [2.75, 3.05) is 42.9 Å². The highest BCUT2D eigenvalue weighted by molar-refractivity contribution is 5.94. The fourth-order valence-corrected chi connectivity index (χ4v) is 4.35. The van der Waals surface area contributed by atoms with Gasteiger partial charge in [0.15, 0.2) is 5.58 Å². The summed E-state index contributed by atoms with van der Waals surface area (Å²) < 4.78 is 6.67. The standard InChI is InChI=1S/C24H28N4O3/c1-17(28-21-7-2-3-8-22(21)31-24(28)30)23(29)25-19-5-4-6-20(15-19)27-13-11-26(12-14-27)16-18-9-10-18/h2-8,15,17-18H,9-14,16H2,1H3,(H,25,29). The minimum Gasteiger partial charge on any atom is -0.408 e. The largest absolute Gasteiger partial charge is 0.420 e. The second-order valence-corrected chi connectivity index (χ2v) is 8.65. The molecule has 0 radical (unpaired) electrons. The highest BCUT2D eigenvalue weighted by atomic mass is 16.4. The highest BCUT2D eigenvalue weighted by Gasteiger charge is 2.26. The minimum absolute atomic E-state index is 0.250. The van der Waals surface area contributed by atoms with Crippen LogP contribution in [0.4, 0.5) is 11.4 Å². The lowest BCUT2D eigenvalue weighted by Gasteiger charge is -2.36. The number of benzene rings is 2. The van der Waals surface area contributed by atoms with Gasteiger partial charge in [0.2, 0.25) is 5.91 Å². The van der Waals surface area contributed by atoms with E-state index in [1.165, 1.54) is 24.0 Å². The van der Waals surface area contributed by atoms with Crippen LogP contribution >= 0.6 is 0 Å². The normalized spacial score (nSPS) is 18.3. The molecule has 1 unspecified atom stereocenters. The first-order valence-electron chi connectivity index (χ1n) is 11.1. The van der Waals surface area contributed by atoms with Crippen molar-refractivity contribution in [3.8, 4) is 0 Å². The summed E-state index contributed by atoms with van der Waals surface area (Å²) in [7, 11) is 0. The van der Waals surface area contributed by atoms with Gasteiger partial charge in [-0.25, -0.2) is 4.79 Å². The number of anilines is 2. The number of hydrogen-bond donors (Lipinski definition) is 1. The Hall–Kier alpha value is -3.06. The SMILES string of the molecule is CC(C(=O)Nc1cccc(N2CCN(CC3CC3)CC2)c1)n1c(=O)oc2ccccc21. The molecule has 1 N–H and O–H groups in total. The van der Waals surface area contributed by atoms with Gasteiger partial charge in [-0.3, -0.25) is 14.3 Å². The molecule has 2 aliphatic rings. The molecule has 1 aliphatic carbocycles. The molecular weight excluding hydrogens is 392 g/mol.